The topological polar surface area (TPSA) is 42.2 Å². The molecule has 0 radical (unpaired) electrons. The number of nitrogens with zero attached hydrogens (tertiary/aromatic N) is 1. The van der Waals surface area contributed by atoms with Gasteiger partial charge in [-0.15, -0.1) is 0 Å². The number of aliphatic carboxylic acids is 1. The number of hydrogen-bond acceptors (Lipinski definition) is 2. The Bertz CT molecular complexity index is 713. The third-order valence-corrected chi connectivity index (χ3v) is 3.88. The van der Waals surface area contributed by atoms with Crippen LogP contribution in [-0.4, -0.2) is 15.6 Å². The maximum absolute atomic E-state index is 10.9. The molecular weight excluding hydrogens is 258 g/mol. The summed E-state index contributed by atoms with van der Waals surface area (Å²) in [5.41, 5.74) is 3.20. The fourth-order valence-electron chi connectivity index (χ4n) is 2.34. The average molecular weight is 271 g/mol. The van der Waals surface area contributed by atoms with Gasteiger partial charge in [0.05, 0.1) is 6.42 Å². The van der Waals surface area contributed by atoms with Crippen LogP contribution in [0.25, 0.3) is 10.9 Å². The number of rotatable bonds is 4. The smallest absolute Gasteiger partial charge is 0.307 e. The first kappa shape index (κ1) is 12.0. The van der Waals surface area contributed by atoms with Crippen LogP contribution < -0.4 is 0 Å². The lowest BCUT2D eigenvalue weighted by molar-refractivity contribution is -0.136. The molecule has 0 aliphatic heterocycles. The number of carboxylic acid groups (broad SMARTS) is 1. The normalized spacial score (nSPS) is 10.9. The third-order valence-electron chi connectivity index (χ3n) is 3.15. The van der Waals surface area contributed by atoms with E-state index in [0.29, 0.717) is 0 Å². The summed E-state index contributed by atoms with van der Waals surface area (Å²) in [5, 5.41) is 14.2. The lowest BCUT2D eigenvalue weighted by Gasteiger charge is -2.02. The standard InChI is InChI=1S/C15H13NO2S/c17-15(18)7-12-9-16(8-11-5-6-19-10-11)14-4-2-1-3-13(12)14/h1-6,9-10H,7-8H2,(H,17,18). The molecule has 0 unspecified atom stereocenters. The summed E-state index contributed by atoms with van der Waals surface area (Å²) in [4.78, 5) is 10.9. The van der Waals surface area contributed by atoms with Crippen molar-refractivity contribution in [3.63, 3.8) is 0 Å². The number of carboxylic acids is 1. The van der Waals surface area contributed by atoms with Crippen LogP contribution in [0.15, 0.2) is 47.3 Å². The lowest BCUT2D eigenvalue weighted by Crippen LogP contribution is -1.99. The summed E-state index contributed by atoms with van der Waals surface area (Å²) >= 11 is 1.67. The minimum absolute atomic E-state index is 0.0666. The summed E-state index contributed by atoms with van der Waals surface area (Å²) in [6.07, 6.45) is 2.02. The molecule has 96 valence electrons. The van der Waals surface area contributed by atoms with Crippen LogP contribution in [0.3, 0.4) is 0 Å². The summed E-state index contributed by atoms with van der Waals surface area (Å²) in [6, 6.07) is 10.0. The minimum atomic E-state index is -0.793. The zero-order chi connectivity index (χ0) is 13.2. The van der Waals surface area contributed by atoms with Gasteiger partial charge in [-0.3, -0.25) is 4.79 Å². The minimum Gasteiger partial charge on any atom is -0.481 e. The summed E-state index contributed by atoms with van der Waals surface area (Å²) in [7, 11) is 0. The van der Waals surface area contributed by atoms with E-state index in [-0.39, 0.29) is 6.42 Å². The van der Waals surface area contributed by atoms with Crippen molar-refractivity contribution in [2.45, 2.75) is 13.0 Å². The zero-order valence-electron chi connectivity index (χ0n) is 10.2. The highest BCUT2D eigenvalue weighted by Gasteiger charge is 2.11. The molecule has 3 aromatic rings. The Labute approximate surface area is 114 Å². The van der Waals surface area contributed by atoms with E-state index in [9.17, 15) is 4.79 Å². The largest absolute Gasteiger partial charge is 0.481 e. The van der Waals surface area contributed by atoms with Gasteiger partial charge in [0.2, 0.25) is 0 Å². The molecule has 19 heavy (non-hydrogen) atoms. The molecule has 0 saturated carbocycles. The maximum atomic E-state index is 10.9. The van der Waals surface area contributed by atoms with Crippen molar-refractivity contribution in [3.8, 4) is 0 Å². The summed E-state index contributed by atoms with van der Waals surface area (Å²) < 4.78 is 2.12. The predicted octanol–water partition coefficient (Wildman–Crippen LogP) is 3.38. The second-order valence-corrected chi connectivity index (χ2v) is 5.28. The Morgan fingerprint density at radius 1 is 1.26 bits per heavy atom. The van der Waals surface area contributed by atoms with Crippen LogP contribution in [-0.2, 0) is 17.8 Å². The number of benzene rings is 1. The highest BCUT2D eigenvalue weighted by Crippen LogP contribution is 2.23. The van der Waals surface area contributed by atoms with Gasteiger partial charge in [-0.05, 0) is 34.0 Å². The highest BCUT2D eigenvalue weighted by molar-refractivity contribution is 7.07. The first-order valence-corrected chi connectivity index (χ1v) is 6.98. The second kappa shape index (κ2) is 4.90. The van der Waals surface area contributed by atoms with Gasteiger partial charge in [0.25, 0.3) is 0 Å². The molecule has 0 bridgehead atoms. The van der Waals surface area contributed by atoms with Gasteiger partial charge in [0.1, 0.15) is 0 Å². The first-order chi connectivity index (χ1) is 9.24. The lowest BCUT2D eigenvalue weighted by atomic mass is 10.1. The molecule has 2 heterocycles. The molecule has 0 saturated heterocycles. The van der Waals surface area contributed by atoms with Crippen LogP contribution in [0.1, 0.15) is 11.1 Å². The molecule has 0 aliphatic rings. The van der Waals surface area contributed by atoms with Crippen molar-refractivity contribution in [2.75, 3.05) is 0 Å². The molecule has 3 rings (SSSR count). The van der Waals surface area contributed by atoms with E-state index >= 15 is 0 Å². The Hall–Kier alpha value is -2.07. The molecule has 0 fully saturated rings. The quantitative estimate of drug-likeness (QED) is 0.790. The highest BCUT2D eigenvalue weighted by atomic mass is 32.1. The number of para-hydroxylation sites is 1. The Kier molecular flexibility index (Phi) is 3.09. The van der Waals surface area contributed by atoms with Crippen LogP contribution in [0, 0.1) is 0 Å². The summed E-state index contributed by atoms with van der Waals surface area (Å²) in [6.45, 7) is 0.781. The zero-order valence-corrected chi connectivity index (χ0v) is 11.1. The monoisotopic (exact) mass is 271 g/mol. The maximum Gasteiger partial charge on any atom is 0.307 e. The van der Waals surface area contributed by atoms with Gasteiger partial charge in [0, 0.05) is 23.6 Å². The van der Waals surface area contributed by atoms with Crippen LogP contribution in [0.2, 0.25) is 0 Å². The fraction of sp³-hybridized carbons (Fsp3) is 0.133. The predicted molar refractivity (Wildman–Crippen MR) is 76.7 cm³/mol. The van der Waals surface area contributed by atoms with E-state index in [4.69, 9.17) is 5.11 Å². The van der Waals surface area contributed by atoms with Gasteiger partial charge < -0.3 is 9.67 Å². The second-order valence-electron chi connectivity index (χ2n) is 4.50. The van der Waals surface area contributed by atoms with Crippen molar-refractivity contribution in [3.05, 3.63) is 58.4 Å². The van der Waals surface area contributed by atoms with Gasteiger partial charge in [-0.1, -0.05) is 18.2 Å². The van der Waals surface area contributed by atoms with E-state index in [1.165, 1.54) is 5.56 Å². The van der Waals surface area contributed by atoms with Gasteiger partial charge in [0.15, 0.2) is 0 Å². The third kappa shape index (κ3) is 2.39. The fourth-order valence-corrected chi connectivity index (χ4v) is 3.00. The average Bonchev–Trinajstić information content (AvgIpc) is 2.99. The first-order valence-electron chi connectivity index (χ1n) is 6.03. The van der Waals surface area contributed by atoms with Crippen molar-refractivity contribution in [2.24, 2.45) is 0 Å². The molecule has 1 N–H and O–H groups in total. The molecule has 4 heteroatoms. The van der Waals surface area contributed by atoms with Gasteiger partial charge >= 0.3 is 5.97 Å². The van der Waals surface area contributed by atoms with E-state index in [2.05, 4.69) is 21.4 Å². The van der Waals surface area contributed by atoms with E-state index in [1.807, 2.05) is 30.5 Å². The van der Waals surface area contributed by atoms with Crippen LogP contribution in [0.4, 0.5) is 0 Å². The molecule has 2 aromatic heterocycles. The van der Waals surface area contributed by atoms with E-state index in [0.717, 1.165) is 23.0 Å². The molecule has 1 aromatic carbocycles. The Morgan fingerprint density at radius 2 is 2.11 bits per heavy atom. The molecule has 0 atom stereocenters. The molecule has 0 spiro atoms. The van der Waals surface area contributed by atoms with E-state index < -0.39 is 5.97 Å². The van der Waals surface area contributed by atoms with Crippen LogP contribution in [0.5, 0.6) is 0 Å². The van der Waals surface area contributed by atoms with Crippen molar-refractivity contribution < 1.29 is 9.90 Å². The van der Waals surface area contributed by atoms with Crippen molar-refractivity contribution in [1.82, 2.24) is 4.57 Å². The number of aromatic nitrogens is 1. The van der Waals surface area contributed by atoms with Gasteiger partial charge in [-0.25, -0.2) is 0 Å². The Morgan fingerprint density at radius 3 is 2.84 bits per heavy atom. The SMILES string of the molecule is O=C(O)Cc1cn(Cc2ccsc2)c2ccccc12. The number of thiophene rings is 1. The molecule has 0 amide bonds. The van der Waals surface area contributed by atoms with E-state index in [1.54, 1.807) is 11.3 Å². The van der Waals surface area contributed by atoms with Crippen LogP contribution >= 0.6 is 11.3 Å². The van der Waals surface area contributed by atoms with Gasteiger partial charge in [-0.2, -0.15) is 11.3 Å². The number of hydrogen-bond donors (Lipinski definition) is 1. The summed E-state index contributed by atoms with van der Waals surface area (Å²) in [5.74, 6) is -0.793. The number of fused-ring (bicyclic) bond motifs is 1. The van der Waals surface area contributed by atoms with Crippen molar-refractivity contribution >= 4 is 28.2 Å². The van der Waals surface area contributed by atoms with Crippen molar-refractivity contribution in [1.29, 1.82) is 0 Å². The molecule has 0 aliphatic carbocycles. The molecule has 3 nitrogen and oxygen atoms in total. The molecular formula is C15H13NO2S. The Balaban J connectivity index is 2.06. The number of carbonyl (C=O) groups is 1.